The Hall–Kier alpha value is -3.97. The molecule has 4 heterocycles. The molecule has 46 heavy (non-hydrogen) atoms. The Kier molecular flexibility index (Phi) is 9.88. The summed E-state index contributed by atoms with van der Waals surface area (Å²) in [5, 5.41) is 1.59. The maximum atomic E-state index is 13.4. The Labute approximate surface area is 287 Å². The number of hydrogen-bond donors (Lipinski definition) is 0. The largest absolute Gasteiger partial charge is 0 e. The van der Waals surface area contributed by atoms with Crippen molar-refractivity contribution in [3.8, 4) is 33.6 Å². The molecule has 0 spiro atoms. The number of aromatic nitrogens is 3. The number of furan rings is 1. The number of pyridine rings is 3. The first kappa shape index (κ1) is 32.0. The van der Waals surface area contributed by atoms with Crippen molar-refractivity contribution in [2.45, 2.75) is 37.0 Å². The van der Waals surface area contributed by atoms with Crippen LogP contribution in [0.2, 0.25) is 17.3 Å². The molecule has 0 atom stereocenters. The van der Waals surface area contributed by atoms with Crippen molar-refractivity contribution in [2.75, 3.05) is 0 Å². The van der Waals surface area contributed by atoms with Gasteiger partial charge in [0, 0.05) is 33.1 Å². The van der Waals surface area contributed by atoms with E-state index in [1.807, 2.05) is 50.2 Å². The van der Waals surface area contributed by atoms with Crippen molar-refractivity contribution in [1.29, 1.82) is 0 Å². The normalized spacial score (nSPS) is 11.8. The van der Waals surface area contributed by atoms with Crippen molar-refractivity contribution in [1.82, 2.24) is 15.0 Å². The Morgan fingerprint density at radius 1 is 0.826 bits per heavy atom. The van der Waals surface area contributed by atoms with Gasteiger partial charge in [-0.25, -0.2) is 0 Å². The van der Waals surface area contributed by atoms with E-state index in [4.69, 9.17) is 10.8 Å². The molecular weight excluding hydrogens is 810 g/mol. The van der Waals surface area contributed by atoms with Crippen molar-refractivity contribution < 1.29 is 30.3 Å². The molecule has 0 N–H and O–H groups in total. The maximum Gasteiger partial charge on any atom is 0 e. The zero-order chi connectivity index (χ0) is 32.5. The Balaban J connectivity index is 0.000000181. The molecular formula is C39H34FGeIrN3O-2. The predicted molar refractivity (Wildman–Crippen MR) is 185 cm³/mol. The average molecular weight is 846 g/mol. The molecule has 0 fully saturated rings. The van der Waals surface area contributed by atoms with Gasteiger partial charge in [0.25, 0.3) is 0 Å². The van der Waals surface area contributed by atoms with Crippen LogP contribution in [-0.2, 0) is 20.1 Å². The number of benzene rings is 3. The number of fused-ring (bicyclic) bond motifs is 3. The summed E-state index contributed by atoms with van der Waals surface area (Å²) in [6.07, 6.45) is 3.77. The molecule has 0 saturated heterocycles. The molecule has 4 aromatic heterocycles. The predicted octanol–water partition coefficient (Wildman–Crippen LogP) is 9.86. The van der Waals surface area contributed by atoms with Crippen LogP contribution in [0.4, 0.5) is 4.39 Å². The minimum Gasteiger partial charge on any atom is 0 e. The summed E-state index contributed by atoms with van der Waals surface area (Å²) in [6.45, 7) is 3.65. The molecule has 0 aliphatic heterocycles. The fourth-order valence-corrected chi connectivity index (χ4v) is 8.38. The number of halogens is 1. The molecule has 3 aromatic carbocycles. The topological polar surface area (TPSA) is 51.8 Å². The molecule has 0 aliphatic rings. The van der Waals surface area contributed by atoms with E-state index in [0.29, 0.717) is 16.8 Å². The van der Waals surface area contributed by atoms with Gasteiger partial charge in [-0.15, -0.1) is 18.2 Å². The van der Waals surface area contributed by atoms with Gasteiger partial charge in [0.2, 0.25) is 11.7 Å². The summed E-state index contributed by atoms with van der Waals surface area (Å²) in [4.78, 5) is 12.9. The molecule has 7 aromatic rings. The van der Waals surface area contributed by atoms with Crippen LogP contribution in [0.5, 0.6) is 0 Å². The van der Waals surface area contributed by atoms with E-state index in [1.54, 1.807) is 18.3 Å². The first-order valence-corrected chi connectivity index (χ1v) is 22.2. The second-order valence-corrected chi connectivity index (χ2v) is 22.7. The summed E-state index contributed by atoms with van der Waals surface area (Å²) in [5.74, 6) is 5.93. The quantitative estimate of drug-likeness (QED) is 0.0985. The van der Waals surface area contributed by atoms with Gasteiger partial charge < -0.3 is 9.40 Å². The molecule has 7 heteroatoms. The summed E-state index contributed by atoms with van der Waals surface area (Å²) in [7, 11) is 0. The maximum absolute atomic E-state index is 13.4. The van der Waals surface area contributed by atoms with E-state index >= 15 is 0 Å². The fourth-order valence-electron chi connectivity index (χ4n) is 5.28. The van der Waals surface area contributed by atoms with Gasteiger partial charge in [-0.05, 0) is 29.8 Å². The Bertz CT molecular complexity index is 2140. The molecule has 0 saturated carbocycles. The third-order valence-corrected chi connectivity index (χ3v) is 11.9. The third-order valence-electron chi connectivity index (χ3n) is 7.64. The number of hydrogen-bond acceptors (Lipinski definition) is 4. The molecule has 0 bridgehead atoms. The van der Waals surface area contributed by atoms with Gasteiger partial charge in [-0.2, -0.15) is 9.37 Å². The van der Waals surface area contributed by atoms with E-state index < -0.39 is 25.1 Å². The minimum atomic E-state index is -1.99. The minimum absolute atomic E-state index is 0. The van der Waals surface area contributed by atoms with Crippen molar-refractivity contribution >= 4 is 39.7 Å². The fraction of sp³-hybridized carbons (Fsp3) is 0.154. The SMILES string of the molecule is [2H]C(C)(C)c1ccnc(-c2[c-]ccc3c2oc2nc(F)ccc23)c1.[CH3][Ge]([CH3])([CH3])[c]1cnc(-c2[c-]cccc2)cc1-c1ccccc1.[Ir]. The third kappa shape index (κ3) is 7.20. The first-order chi connectivity index (χ1) is 22.0. The molecule has 0 amide bonds. The second-order valence-electron chi connectivity index (χ2n) is 12.1. The van der Waals surface area contributed by atoms with Crippen LogP contribution in [0.15, 0.2) is 114 Å². The molecule has 7 rings (SSSR count). The van der Waals surface area contributed by atoms with Gasteiger partial charge in [0.1, 0.15) is 0 Å². The van der Waals surface area contributed by atoms with E-state index in [2.05, 4.69) is 88.0 Å². The van der Waals surface area contributed by atoms with Gasteiger partial charge in [0.15, 0.2) is 0 Å². The van der Waals surface area contributed by atoms with Gasteiger partial charge >= 0.3 is 135 Å². The van der Waals surface area contributed by atoms with Crippen LogP contribution in [-0.4, -0.2) is 28.2 Å². The zero-order valence-corrected chi connectivity index (χ0v) is 30.8. The molecule has 0 aliphatic carbocycles. The van der Waals surface area contributed by atoms with Crippen molar-refractivity contribution in [2.24, 2.45) is 0 Å². The molecule has 0 unspecified atom stereocenters. The van der Waals surface area contributed by atoms with Crippen LogP contribution in [0.25, 0.3) is 55.7 Å². The molecule has 1 radical (unpaired) electrons. The van der Waals surface area contributed by atoms with Crippen molar-refractivity contribution in [3.63, 3.8) is 0 Å². The van der Waals surface area contributed by atoms with Crippen LogP contribution in [0.3, 0.4) is 0 Å². The number of nitrogens with zero attached hydrogens (tertiary/aromatic N) is 3. The summed E-state index contributed by atoms with van der Waals surface area (Å²) in [6, 6.07) is 37.6. The molecule has 4 nitrogen and oxygen atoms in total. The Morgan fingerprint density at radius 3 is 2.33 bits per heavy atom. The monoisotopic (exact) mass is 847 g/mol. The summed E-state index contributed by atoms with van der Waals surface area (Å²) in [5.41, 5.74) is 7.66. The van der Waals surface area contributed by atoms with Gasteiger partial charge in [-0.1, -0.05) is 36.4 Å². The van der Waals surface area contributed by atoms with E-state index in [-0.39, 0.29) is 25.8 Å². The van der Waals surface area contributed by atoms with Crippen LogP contribution >= 0.6 is 0 Å². The zero-order valence-electron chi connectivity index (χ0n) is 27.4. The molecule has 233 valence electrons. The van der Waals surface area contributed by atoms with Gasteiger partial charge in [-0.3, -0.25) is 0 Å². The van der Waals surface area contributed by atoms with E-state index in [9.17, 15) is 4.39 Å². The number of rotatable bonds is 5. The Morgan fingerprint density at radius 2 is 1.61 bits per heavy atom. The standard InChI is InChI=1S/C20H20GeN.C19H14FN2O.Ir/c1-21(2,3)19-15-22-20(17-12-8-5-9-13-17)14-18(19)16-10-6-4-7-11-16;1-11(2)12-8-9-21-16(10-12)15-5-3-4-13-14-6-7-17(20)22-19(14)23-18(13)15;/h4-12,14-15H,1-3H3;3-4,6-11H,1-2H3;/q2*-1;/i;11D;. The second kappa shape index (κ2) is 14.2. The van der Waals surface area contributed by atoms with Crippen LogP contribution in [0.1, 0.15) is 26.7 Å². The van der Waals surface area contributed by atoms with E-state index in [0.717, 1.165) is 27.6 Å². The van der Waals surface area contributed by atoms with Crippen molar-refractivity contribution in [3.05, 3.63) is 133 Å². The van der Waals surface area contributed by atoms with E-state index in [1.165, 1.54) is 21.6 Å². The summed E-state index contributed by atoms with van der Waals surface area (Å²) >= 11 is -1.99. The first-order valence-electron chi connectivity index (χ1n) is 15.4. The van der Waals surface area contributed by atoms with Crippen LogP contribution < -0.4 is 4.40 Å². The average Bonchev–Trinajstić information content (AvgIpc) is 3.42. The summed E-state index contributed by atoms with van der Waals surface area (Å²) < 4.78 is 28.8. The van der Waals surface area contributed by atoms with Gasteiger partial charge in [0.05, 0.1) is 5.58 Å². The smallest absolute Gasteiger partial charge is 0 e. The van der Waals surface area contributed by atoms with Crippen LogP contribution in [0, 0.1) is 18.1 Å².